The van der Waals surface area contributed by atoms with E-state index >= 15 is 0 Å². The molecule has 1 heterocycles. The molecule has 3 heteroatoms. The van der Waals surface area contributed by atoms with Crippen LogP contribution in [0.3, 0.4) is 0 Å². The lowest BCUT2D eigenvalue weighted by Crippen LogP contribution is -2.00. The second kappa shape index (κ2) is 5.54. The number of ether oxygens (including phenoxy) is 1. The second-order valence-electron chi connectivity index (χ2n) is 5.21. The summed E-state index contributed by atoms with van der Waals surface area (Å²) in [7, 11) is 0. The summed E-state index contributed by atoms with van der Waals surface area (Å²) < 4.78 is 6.00. The number of aromatic nitrogens is 1. The summed E-state index contributed by atoms with van der Waals surface area (Å²) in [6, 6.07) is 16.1. The monoisotopic (exact) mass is 278 g/mol. The van der Waals surface area contributed by atoms with E-state index in [1.54, 1.807) is 0 Å². The molecular formula is C18H18N2O. The van der Waals surface area contributed by atoms with Gasteiger partial charge in [-0.25, -0.2) is 4.98 Å². The van der Waals surface area contributed by atoms with Gasteiger partial charge in [0, 0.05) is 18.0 Å². The summed E-state index contributed by atoms with van der Waals surface area (Å²) in [6.45, 7) is 4.60. The first-order chi connectivity index (χ1) is 10.2. The van der Waals surface area contributed by atoms with E-state index in [2.05, 4.69) is 17.1 Å². The number of aryl methyl sites for hydroxylation is 2. The molecule has 0 amide bonds. The fourth-order valence-electron chi connectivity index (χ4n) is 2.53. The van der Waals surface area contributed by atoms with Crippen molar-refractivity contribution >= 4 is 10.9 Å². The molecule has 0 aliphatic carbocycles. The molecule has 3 nitrogen and oxygen atoms in total. The van der Waals surface area contributed by atoms with Crippen LogP contribution in [0, 0.1) is 13.8 Å². The minimum atomic E-state index is 0.538. The first-order valence-electron chi connectivity index (χ1n) is 7.01. The van der Waals surface area contributed by atoms with Crippen molar-refractivity contribution in [3.63, 3.8) is 0 Å². The number of nitrogens with zero attached hydrogens (tertiary/aromatic N) is 1. The second-order valence-corrected chi connectivity index (χ2v) is 5.21. The van der Waals surface area contributed by atoms with Crippen LogP contribution in [0.2, 0.25) is 0 Å². The van der Waals surface area contributed by atoms with E-state index in [1.807, 2.05) is 50.2 Å². The maximum Gasteiger partial charge on any atom is 0.219 e. The normalized spacial score (nSPS) is 10.8. The molecule has 0 spiro atoms. The average Bonchev–Trinajstić information content (AvgIpc) is 2.50. The predicted octanol–water partition coefficient (Wildman–Crippen LogP) is 4.10. The van der Waals surface area contributed by atoms with Crippen LogP contribution in [0.4, 0.5) is 0 Å². The van der Waals surface area contributed by atoms with Gasteiger partial charge < -0.3 is 10.5 Å². The maximum atomic E-state index is 6.00. The van der Waals surface area contributed by atoms with Crippen molar-refractivity contribution in [3.05, 3.63) is 65.2 Å². The van der Waals surface area contributed by atoms with Crippen molar-refractivity contribution in [2.24, 2.45) is 5.73 Å². The molecule has 0 saturated heterocycles. The summed E-state index contributed by atoms with van der Waals surface area (Å²) in [5.41, 5.74) is 9.90. The van der Waals surface area contributed by atoms with Crippen molar-refractivity contribution in [1.29, 1.82) is 0 Å². The zero-order valence-electron chi connectivity index (χ0n) is 12.3. The Labute approximate surface area is 124 Å². The summed E-state index contributed by atoms with van der Waals surface area (Å²) in [6.07, 6.45) is 0. The third-order valence-corrected chi connectivity index (χ3v) is 3.54. The fraction of sp³-hybridized carbons (Fsp3) is 0.167. The minimum absolute atomic E-state index is 0.538. The van der Waals surface area contributed by atoms with Gasteiger partial charge >= 0.3 is 0 Å². The highest BCUT2D eigenvalue weighted by Gasteiger charge is 2.08. The highest BCUT2D eigenvalue weighted by atomic mass is 16.5. The maximum absolute atomic E-state index is 6.00. The lowest BCUT2D eigenvalue weighted by molar-refractivity contribution is 0.458. The van der Waals surface area contributed by atoms with Gasteiger partial charge in [0.15, 0.2) is 0 Å². The van der Waals surface area contributed by atoms with Crippen LogP contribution in [-0.4, -0.2) is 4.98 Å². The van der Waals surface area contributed by atoms with Gasteiger partial charge in [-0.05, 0) is 42.7 Å². The lowest BCUT2D eigenvalue weighted by atomic mass is 10.1. The number of pyridine rings is 1. The Balaban J connectivity index is 1.98. The fourth-order valence-corrected chi connectivity index (χ4v) is 2.53. The Morgan fingerprint density at radius 3 is 2.43 bits per heavy atom. The van der Waals surface area contributed by atoms with Gasteiger partial charge in [0.1, 0.15) is 5.75 Å². The number of fused-ring (bicyclic) bond motifs is 1. The van der Waals surface area contributed by atoms with Gasteiger partial charge in [-0.15, -0.1) is 0 Å². The summed E-state index contributed by atoms with van der Waals surface area (Å²) >= 11 is 0. The molecule has 3 aromatic rings. The molecule has 0 fully saturated rings. The summed E-state index contributed by atoms with van der Waals surface area (Å²) in [5.74, 6) is 1.47. The predicted molar refractivity (Wildman–Crippen MR) is 85.6 cm³/mol. The quantitative estimate of drug-likeness (QED) is 0.784. The molecule has 0 aliphatic rings. The van der Waals surface area contributed by atoms with E-state index in [1.165, 1.54) is 0 Å². The van der Waals surface area contributed by atoms with Gasteiger partial charge in [0.25, 0.3) is 0 Å². The summed E-state index contributed by atoms with van der Waals surface area (Å²) in [5, 5.41) is 1.11. The van der Waals surface area contributed by atoms with E-state index < -0.39 is 0 Å². The zero-order valence-corrected chi connectivity index (χ0v) is 12.3. The molecule has 0 atom stereocenters. The number of benzene rings is 2. The van der Waals surface area contributed by atoms with Crippen LogP contribution in [0.1, 0.15) is 16.7 Å². The van der Waals surface area contributed by atoms with E-state index in [4.69, 9.17) is 10.5 Å². The van der Waals surface area contributed by atoms with E-state index in [0.717, 1.165) is 33.3 Å². The largest absolute Gasteiger partial charge is 0.438 e. The third-order valence-electron chi connectivity index (χ3n) is 3.54. The van der Waals surface area contributed by atoms with E-state index in [-0.39, 0.29) is 0 Å². The van der Waals surface area contributed by atoms with Crippen LogP contribution >= 0.6 is 0 Å². The molecule has 0 bridgehead atoms. The molecule has 0 unspecified atom stereocenters. The van der Waals surface area contributed by atoms with Crippen molar-refractivity contribution < 1.29 is 4.74 Å². The van der Waals surface area contributed by atoms with Crippen molar-refractivity contribution in [2.75, 3.05) is 0 Å². The molecule has 0 saturated carbocycles. The Morgan fingerprint density at radius 2 is 1.71 bits per heavy atom. The van der Waals surface area contributed by atoms with Crippen LogP contribution < -0.4 is 10.5 Å². The molecule has 0 radical (unpaired) electrons. The molecule has 106 valence electrons. The van der Waals surface area contributed by atoms with Crippen LogP contribution in [0.15, 0.2) is 48.5 Å². The van der Waals surface area contributed by atoms with Crippen LogP contribution in [0.25, 0.3) is 10.9 Å². The van der Waals surface area contributed by atoms with Crippen LogP contribution in [0.5, 0.6) is 11.6 Å². The molecule has 2 aromatic carbocycles. The molecular weight excluding hydrogens is 260 g/mol. The molecule has 1 aromatic heterocycles. The first-order valence-corrected chi connectivity index (χ1v) is 7.01. The number of nitrogens with two attached hydrogens (primary N) is 1. The highest BCUT2D eigenvalue weighted by Crippen LogP contribution is 2.29. The van der Waals surface area contributed by atoms with E-state index in [9.17, 15) is 0 Å². The molecule has 21 heavy (non-hydrogen) atoms. The number of rotatable bonds is 3. The SMILES string of the molecule is Cc1cc(CN)cc(C)c1Oc1ccc2ccccc2n1. The lowest BCUT2D eigenvalue weighted by Gasteiger charge is -2.13. The van der Waals surface area contributed by atoms with Gasteiger partial charge in [-0.1, -0.05) is 30.3 Å². The highest BCUT2D eigenvalue weighted by molar-refractivity contribution is 5.78. The van der Waals surface area contributed by atoms with Gasteiger partial charge in [-0.2, -0.15) is 0 Å². The third kappa shape index (κ3) is 2.73. The van der Waals surface area contributed by atoms with Crippen molar-refractivity contribution in [3.8, 4) is 11.6 Å². The zero-order chi connectivity index (χ0) is 14.8. The number of para-hydroxylation sites is 1. The molecule has 2 N–H and O–H groups in total. The minimum Gasteiger partial charge on any atom is -0.438 e. The van der Waals surface area contributed by atoms with Crippen LogP contribution in [-0.2, 0) is 6.54 Å². The molecule has 0 aliphatic heterocycles. The smallest absolute Gasteiger partial charge is 0.219 e. The van der Waals surface area contributed by atoms with Gasteiger partial charge in [-0.3, -0.25) is 0 Å². The first kappa shape index (κ1) is 13.6. The molecule has 3 rings (SSSR count). The Hall–Kier alpha value is -2.39. The average molecular weight is 278 g/mol. The van der Waals surface area contributed by atoms with Crippen molar-refractivity contribution in [1.82, 2.24) is 4.98 Å². The number of hydrogen-bond acceptors (Lipinski definition) is 3. The Kier molecular flexibility index (Phi) is 3.59. The standard InChI is InChI=1S/C18H18N2O/c1-12-9-14(11-19)10-13(2)18(12)21-17-8-7-15-5-3-4-6-16(15)20-17/h3-10H,11,19H2,1-2H3. The summed E-state index contributed by atoms with van der Waals surface area (Å²) in [4.78, 5) is 4.55. The van der Waals surface area contributed by atoms with Crippen molar-refractivity contribution in [2.45, 2.75) is 20.4 Å². The topological polar surface area (TPSA) is 48.1 Å². The Bertz CT molecular complexity index is 773. The number of hydrogen-bond donors (Lipinski definition) is 1. The Morgan fingerprint density at radius 1 is 1.00 bits per heavy atom. The van der Waals surface area contributed by atoms with Gasteiger partial charge in [0.2, 0.25) is 5.88 Å². The van der Waals surface area contributed by atoms with Gasteiger partial charge in [0.05, 0.1) is 5.52 Å². The van der Waals surface area contributed by atoms with E-state index in [0.29, 0.717) is 12.4 Å².